The molecule has 2 bridgehead atoms. The third-order valence-electron chi connectivity index (χ3n) is 6.49. The molecule has 2 amide bonds. The van der Waals surface area contributed by atoms with E-state index in [1.54, 1.807) is 41.6 Å². The van der Waals surface area contributed by atoms with Crippen molar-refractivity contribution >= 4 is 52.2 Å². The van der Waals surface area contributed by atoms with Crippen LogP contribution in [0.25, 0.3) is 10.6 Å². The van der Waals surface area contributed by atoms with Gasteiger partial charge >= 0.3 is 5.91 Å². The fourth-order valence-corrected chi connectivity index (χ4v) is 6.55. The van der Waals surface area contributed by atoms with Crippen LogP contribution in [0.1, 0.15) is 27.5 Å². The molecule has 0 aromatic carbocycles. The van der Waals surface area contributed by atoms with E-state index >= 15 is 0 Å². The first-order valence-corrected chi connectivity index (χ1v) is 13.7. The van der Waals surface area contributed by atoms with Gasteiger partial charge < -0.3 is 15.1 Å². The minimum absolute atomic E-state index is 0.0422. The fraction of sp³-hybridized carbons (Fsp3) is 0.360. The Labute approximate surface area is 227 Å². The molecule has 6 heterocycles. The lowest BCUT2D eigenvalue weighted by molar-refractivity contribution is -0.115. The minimum Gasteiger partial charge on any atom is -0.365 e. The molecule has 13 heteroatoms. The Morgan fingerprint density at radius 1 is 1.29 bits per heavy atom. The highest BCUT2D eigenvalue weighted by molar-refractivity contribution is 7.16. The number of pyridine rings is 1. The molecule has 0 aliphatic carbocycles. The zero-order chi connectivity index (χ0) is 27.0. The quantitative estimate of drug-likeness (QED) is 0.331. The maximum Gasteiger partial charge on any atom is 0.306 e. The standard InChI is InChI=1S/C25H27FN8O2S2/c1-14-22(38-15(2)29-14)20-12-37-25(30-20)31-21-6-5-16(8-28-21)24(36)34-17-7-18(34)10-33(9-17)13-32(4)11-19(26)23(35)27-3/h5-6,8,11-12,17-18H,3,7,9-10,13H2,1-2,4H3,(H,28,30,31)/b19-11+/t17-,18+. The van der Waals surface area contributed by atoms with E-state index in [1.165, 1.54) is 11.3 Å². The molecular weight excluding hydrogens is 527 g/mol. The number of carbonyl (C=O) groups is 2. The number of piperazine rings is 1. The van der Waals surface area contributed by atoms with Gasteiger partial charge in [0, 0.05) is 50.0 Å². The topological polar surface area (TPSA) is 107 Å². The summed E-state index contributed by atoms with van der Waals surface area (Å²) in [5.74, 6) is -1.36. The number of hydrogen-bond acceptors (Lipinski definition) is 10. The molecule has 3 fully saturated rings. The lowest BCUT2D eigenvalue weighted by atomic mass is 9.87. The molecule has 6 rings (SSSR count). The SMILES string of the molecule is C=NC(=O)/C(F)=C\N(C)CN1C[C@H]2C[C@@H](C1)N2C(=O)c1ccc(Nc2nc(-c3sc(C)nc3C)cs2)nc1. The van der Waals surface area contributed by atoms with Gasteiger partial charge in [0.05, 0.1) is 33.5 Å². The van der Waals surface area contributed by atoms with E-state index < -0.39 is 11.7 Å². The highest BCUT2D eigenvalue weighted by Crippen LogP contribution is 2.35. The van der Waals surface area contributed by atoms with Gasteiger partial charge in [0.15, 0.2) is 5.13 Å². The average molecular weight is 555 g/mol. The fourth-order valence-electron chi connectivity index (χ4n) is 4.88. The van der Waals surface area contributed by atoms with Crippen LogP contribution in [0.4, 0.5) is 15.3 Å². The van der Waals surface area contributed by atoms with E-state index in [9.17, 15) is 14.0 Å². The second-order valence-electron chi connectivity index (χ2n) is 9.37. The Morgan fingerprint density at radius 3 is 2.68 bits per heavy atom. The second-order valence-corrected chi connectivity index (χ2v) is 11.4. The highest BCUT2D eigenvalue weighted by atomic mass is 32.1. The molecule has 2 atom stereocenters. The summed E-state index contributed by atoms with van der Waals surface area (Å²) in [6.07, 6.45) is 3.65. The van der Waals surface area contributed by atoms with Gasteiger partial charge in [0.2, 0.25) is 5.83 Å². The number of anilines is 2. The predicted octanol–water partition coefficient (Wildman–Crippen LogP) is 3.85. The molecule has 0 spiro atoms. The van der Waals surface area contributed by atoms with Gasteiger partial charge in [0.25, 0.3) is 5.91 Å². The molecule has 0 saturated carbocycles. The van der Waals surface area contributed by atoms with Gasteiger partial charge in [-0.3, -0.25) is 14.5 Å². The van der Waals surface area contributed by atoms with Crippen molar-refractivity contribution in [2.45, 2.75) is 32.4 Å². The number of aromatic nitrogens is 3. The predicted molar refractivity (Wildman–Crippen MR) is 147 cm³/mol. The summed E-state index contributed by atoms with van der Waals surface area (Å²) in [5.41, 5.74) is 2.40. The van der Waals surface area contributed by atoms with Gasteiger partial charge in [-0.2, -0.15) is 4.39 Å². The summed E-state index contributed by atoms with van der Waals surface area (Å²) in [6.45, 7) is 8.80. The van der Waals surface area contributed by atoms with Crippen molar-refractivity contribution in [2.75, 3.05) is 32.1 Å². The number of rotatable bonds is 8. The minimum atomic E-state index is -0.984. The van der Waals surface area contributed by atoms with E-state index in [4.69, 9.17) is 0 Å². The van der Waals surface area contributed by atoms with Gasteiger partial charge in [-0.25, -0.2) is 19.9 Å². The highest BCUT2D eigenvalue weighted by Gasteiger charge is 2.47. The van der Waals surface area contributed by atoms with Crippen molar-refractivity contribution in [2.24, 2.45) is 4.99 Å². The number of aliphatic imine (C=N–C) groups is 1. The summed E-state index contributed by atoms with van der Waals surface area (Å²) in [4.78, 5) is 47.8. The first-order chi connectivity index (χ1) is 18.2. The van der Waals surface area contributed by atoms with Crippen LogP contribution >= 0.6 is 22.7 Å². The largest absolute Gasteiger partial charge is 0.365 e. The molecule has 3 aliphatic rings. The van der Waals surface area contributed by atoms with Crippen LogP contribution in [0.3, 0.4) is 0 Å². The molecule has 3 aromatic heterocycles. The Hall–Kier alpha value is -3.55. The van der Waals surface area contributed by atoms with Crippen molar-refractivity contribution in [3.63, 3.8) is 0 Å². The number of nitrogens with one attached hydrogen (secondary N) is 1. The number of aryl methyl sites for hydroxylation is 2. The van der Waals surface area contributed by atoms with Crippen LogP contribution in [0.5, 0.6) is 0 Å². The van der Waals surface area contributed by atoms with Crippen molar-refractivity contribution in [3.8, 4) is 10.6 Å². The van der Waals surface area contributed by atoms with Crippen LogP contribution in [-0.2, 0) is 4.79 Å². The van der Waals surface area contributed by atoms with Gasteiger partial charge in [-0.05, 0) is 39.1 Å². The van der Waals surface area contributed by atoms with Crippen LogP contribution in [-0.4, -0.2) is 87.1 Å². The molecule has 3 aromatic rings. The summed E-state index contributed by atoms with van der Waals surface area (Å²) in [7, 11) is 1.69. The average Bonchev–Trinajstić information content (AvgIpc) is 3.48. The number of carbonyl (C=O) groups excluding carboxylic acids is 2. The third kappa shape index (κ3) is 5.35. The summed E-state index contributed by atoms with van der Waals surface area (Å²) in [6, 6.07) is 3.74. The number of nitrogens with zero attached hydrogens (tertiary/aromatic N) is 7. The monoisotopic (exact) mass is 554 g/mol. The zero-order valence-corrected chi connectivity index (χ0v) is 22.9. The van der Waals surface area contributed by atoms with Crippen molar-refractivity contribution in [3.05, 3.63) is 52.0 Å². The molecule has 1 N–H and O–H groups in total. The molecule has 198 valence electrons. The Balaban J connectivity index is 1.16. The van der Waals surface area contributed by atoms with E-state index in [0.29, 0.717) is 31.1 Å². The molecule has 3 aliphatic heterocycles. The molecule has 0 unspecified atom stereocenters. The van der Waals surface area contributed by atoms with Crippen molar-refractivity contribution < 1.29 is 14.0 Å². The molecule has 3 saturated heterocycles. The number of thiazole rings is 2. The number of fused-ring (bicyclic) bond motifs is 2. The Kier molecular flexibility index (Phi) is 7.32. The number of piperidine rings is 1. The lowest BCUT2D eigenvalue weighted by Gasteiger charge is -2.56. The number of hydrogen-bond donors (Lipinski definition) is 1. The smallest absolute Gasteiger partial charge is 0.306 e. The second kappa shape index (κ2) is 10.7. The van der Waals surface area contributed by atoms with Crippen molar-refractivity contribution in [1.29, 1.82) is 0 Å². The van der Waals surface area contributed by atoms with Gasteiger partial charge in [-0.15, -0.1) is 22.7 Å². The molecular formula is C25H27FN8O2S2. The van der Waals surface area contributed by atoms with Gasteiger partial charge in [-0.1, -0.05) is 0 Å². The van der Waals surface area contributed by atoms with Crippen LogP contribution in [0.2, 0.25) is 0 Å². The van der Waals surface area contributed by atoms with E-state index in [0.717, 1.165) is 39.0 Å². The Bertz CT molecular complexity index is 1390. The van der Waals surface area contributed by atoms with E-state index in [-0.39, 0.29) is 18.0 Å². The first-order valence-electron chi connectivity index (χ1n) is 12.0. The van der Waals surface area contributed by atoms with Crippen LogP contribution in [0, 0.1) is 13.8 Å². The van der Waals surface area contributed by atoms with Crippen LogP contribution < -0.4 is 5.32 Å². The van der Waals surface area contributed by atoms with Crippen molar-refractivity contribution in [1.82, 2.24) is 29.7 Å². The first kappa shape index (κ1) is 26.1. The summed E-state index contributed by atoms with van der Waals surface area (Å²) in [5, 5.41) is 6.94. The normalized spacial score (nSPS) is 19.2. The van der Waals surface area contributed by atoms with E-state index in [1.807, 2.05) is 24.1 Å². The number of amides is 2. The summed E-state index contributed by atoms with van der Waals surface area (Å²) >= 11 is 3.11. The maximum absolute atomic E-state index is 13.7. The molecule has 0 radical (unpaired) electrons. The van der Waals surface area contributed by atoms with E-state index in [2.05, 4.69) is 36.9 Å². The van der Waals surface area contributed by atoms with Crippen LogP contribution in [0.15, 0.2) is 40.7 Å². The molecule has 38 heavy (non-hydrogen) atoms. The maximum atomic E-state index is 13.7. The lowest BCUT2D eigenvalue weighted by Crippen LogP contribution is -2.70. The Morgan fingerprint density at radius 2 is 2.05 bits per heavy atom. The third-order valence-corrected chi connectivity index (χ3v) is 8.35. The zero-order valence-electron chi connectivity index (χ0n) is 21.2. The van der Waals surface area contributed by atoms with Gasteiger partial charge in [0.1, 0.15) is 5.82 Å². The number of halogens is 1. The molecule has 10 nitrogen and oxygen atoms in total. The summed E-state index contributed by atoms with van der Waals surface area (Å²) < 4.78 is 13.7.